The summed E-state index contributed by atoms with van der Waals surface area (Å²) in [5.41, 5.74) is 2.14. The molecule has 23 heavy (non-hydrogen) atoms. The van der Waals surface area contributed by atoms with Crippen LogP contribution < -0.4 is 10.0 Å². The number of nitrogens with zero attached hydrogens (tertiary/aromatic N) is 1. The van der Waals surface area contributed by atoms with E-state index in [0.29, 0.717) is 11.3 Å². The first kappa shape index (κ1) is 15.1. The first-order valence-corrected chi connectivity index (χ1v) is 7.92. The molecule has 0 saturated carbocycles. The molecule has 0 aliphatic heterocycles. The van der Waals surface area contributed by atoms with Crippen LogP contribution in [0.5, 0.6) is 0 Å². The van der Waals surface area contributed by atoms with Gasteiger partial charge in [-0.15, -0.1) is 0 Å². The Balaban J connectivity index is 1.66. The average molecular weight is 321 g/mol. The number of pyridine rings is 1. The zero-order valence-electron chi connectivity index (χ0n) is 12.3. The lowest BCUT2D eigenvalue weighted by molar-refractivity contribution is 0.102. The van der Waals surface area contributed by atoms with E-state index >= 15 is 0 Å². The molecule has 2 N–H and O–H groups in total. The molecule has 5 heteroatoms. The molecule has 0 aliphatic carbocycles. The van der Waals surface area contributed by atoms with Gasteiger partial charge in [-0.05, 0) is 54.4 Å². The van der Waals surface area contributed by atoms with Crippen LogP contribution in [0.1, 0.15) is 10.4 Å². The number of anilines is 2. The van der Waals surface area contributed by atoms with E-state index in [0.717, 1.165) is 10.6 Å². The van der Waals surface area contributed by atoms with Gasteiger partial charge in [-0.25, -0.2) is 0 Å². The Kier molecular flexibility index (Phi) is 4.91. The van der Waals surface area contributed by atoms with E-state index in [1.54, 1.807) is 30.6 Å². The Morgan fingerprint density at radius 2 is 1.74 bits per heavy atom. The topological polar surface area (TPSA) is 54.0 Å². The summed E-state index contributed by atoms with van der Waals surface area (Å²) in [4.78, 5) is 17.4. The summed E-state index contributed by atoms with van der Waals surface area (Å²) >= 11 is 1.51. The van der Waals surface area contributed by atoms with Crippen LogP contribution >= 0.6 is 11.9 Å². The zero-order valence-corrected chi connectivity index (χ0v) is 13.1. The Morgan fingerprint density at radius 3 is 2.52 bits per heavy atom. The molecule has 0 fully saturated rings. The van der Waals surface area contributed by atoms with Crippen molar-refractivity contribution in [1.82, 2.24) is 4.98 Å². The monoisotopic (exact) mass is 321 g/mol. The zero-order chi connectivity index (χ0) is 15.9. The molecule has 0 aliphatic rings. The molecule has 4 nitrogen and oxygen atoms in total. The second-order valence-electron chi connectivity index (χ2n) is 4.79. The number of rotatable bonds is 5. The fourth-order valence-corrected chi connectivity index (χ4v) is 2.63. The number of aromatic nitrogens is 1. The molecule has 0 unspecified atom stereocenters. The molecular weight excluding hydrogens is 306 g/mol. The summed E-state index contributed by atoms with van der Waals surface area (Å²) in [6.45, 7) is 0. The number of carbonyl (C=O) groups is 1. The minimum atomic E-state index is -0.161. The van der Waals surface area contributed by atoms with Crippen molar-refractivity contribution in [3.63, 3.8) is 0 Å². The van der Waals surface area contributed by atoms with Gasteiger partial charge >= 0.3 is 0 Å². The summed E-state index contributed by atoms with van der Waals surface area (Å²) < 4.78 is 3.24. The maximum Gasteiger partial charge on any atom is 0.255 e. The van der Waals surface area contributed by atoms with Crippen molar-refractivity contribution in [2.24, 2.45) is 0 Å². The number of carbonyl (C=O) groups excluding carboxylic acids is 1. The molecule has 2 aromatic carbocycles. The molecule has 0 saturated heterocycles. The Bertz CT molecular complexity index is 779. The number of nitrogens with one attached hydrogen (secondary N) is 2. The van der Waals surface area contributed by atoms with Crippen LogP contribution in [-0.2, 0) is 0 Å². The highest BCUT2D eigenvalue weighted by atomic mass is 32.2. The lowest BCUT2D eigenvalue weighted by Gasteiger charge is -2.08. The number of hydrogen-bond acceptors (Lipinski definition) is 4. The highest BCUT2D eigenvalue weighted by Crippen LogP contribution is 2.21. The van der Waals surface area contributed by atoms with Gasteiger partial charge in [0.25, 0.3) is 5.91 Å². The van der Waals surface area contributed by atoms with E-state index < -0.39 is 0 Å². The van der Waals surface area contributed by atoms with E-state index in [9.17, 15) is 4.79 Å². The molecule has 3 rings (SSSR count). The molecular formula is C18H15N3OS. The average Bonchev–Trinajstić information content (AvgIpc) is 2.62. The van der Waals surface area contributed by atoms with Crippen molar-refractivity contribution in [1.29, 1.82) is 0 Å². The van der Waals surface area contributed by atoms with E-state index in [2.05, 4.69) is 15.0 Å². The third-order valence-electron chi connectivity index (χ3n) is 3.07. The molecule has 0 spiro atoms. The second kappa shape index (κ2) is 7.47. The van der Waals surface area contributed by atoms with E-state index in [4.69, 9.17) is 0 Å². The van der Waals surface area contributed by atoms with Crippen molar-refractivity contribution >= 4 is 29.2 Å². The highest BCUT2D eigenvalue weighted by Gasteiger charge is 2.07. The van der Waals surface area contributed by atoms with Gasteiger partial charge in [-0.1, -0.05) is 24.3 Å². The Hall–Kier alpha value is -2.79. The predicted molar refractivity (Wildman–Crippen MR) is 94.6 cm³/mol. The third kappa shape index (κ3) is 4.34. The standard InChI is InChI=1S/C18H15N3OS/c22-18(20-16-8-5-11-19-13-16)14-6-4-7-15(12-14)21-23-17-9-2-1-3-10-17/h1-13,21H,(H,20,22). The summed E-state index contributed by atoms with van der Waals surface area (Å²) in [7, 11) is 0. The summed E-state index contributed by atoms with van der Waals surface area (Å²) in [5.74, 6) is -0.161. The molecule has 114 valence electrons. The fraction of sp³-hybridized carbons (Fsp3) is 0. The normalized spacial score (nSPS) is 10.1. The van der Waals surface area contributed by atoms with E-state index in [1.165, 1.54) is 11.9 Å². The first-order chi connectivity index (χ1) is 11.3. The molecule has 1 amide bonds. The quantitative estimate of drug-likeness (QED) is 0.682. The maximum atomic E-state index is 12.3. The fourth-order valence-electron chi connectivity index (χ4n) is 1.97. The van der Waals surface area contributed by atoms with Gasteiger partial charge in [-0.2, -0.15) is 0 Å². The second-order valence-corrected chi connectivity index (χ2v) is 5.67. The number of benzene rings is 2. The number of hydrogen-bond donors (Lipinski definition) is 2. The molecule has 0 radical (unpaired) electrons. The minimum absolute atomic E-state index is 0.161. The van der Waals surface area contributed by atoms with Crippen LogP contribution in [0.15, 0.2) is 84.0 Å². The van der Waals surface area contributed by atoms with Gasteiger partial charge in [0.2, 0.25) is 0 Å². The van der Waals surface area contributed by atoms with Crippen molar-refractivity contribution in [3.05, 3.63) is 84.7 Å². The van der Waals surface area contributed by atoms with Crippen molar-refractivity contribution in [2.45, 2.75) is 4.90 Å². The maximum absolute atomic E-state index is 12.3. The summed E-state index contributed by atoms with van der Waals surface area (Å²) in [5, 5.41) is 2.82. The largest absolute Gasteiger partial charge is 0.326 e. The summed E-state index contributed by atoms with van der Waals surface area (Å²) in [6.07, 6.45) is 3.28. The van der Waals surface area contributed by atoms with Crippen molar-refractivity contribution in [2.75, 3.05) is 10.0 Å². The highest BCUT2D eigenvalue weighted by molar-refractivity contribution is 8.00. The number of amides is 1. The van der Waals surface area contributed by atoms with Crippen LogP contribution in [0.3, 0.4) is 0 Å². The van der Waals surface area contributed by atoms with Crippen LogP contribution in [-0.4, -0.2) is 10.9 Å². The molecule has 0 atom stereocenters. The first-order valence-electron chi connectivity index (χ1n) is 7.10. The van der Waals surface area contributed by atoms with Gasteiger partial charge in [0, 0.05) is 22.3 Å². The van der Waals surface area contributed by atoms with Gasteiger partial charge in [0.05, 0.1) is 11.9 Å². The Morgan fingerprint density at radius 1 is 0.913 bits per heavy atom. The van der Waals surface area contributed by atoms with Crippen molar-refractivity contribution < 1.29 is 4.79 Å². The predicted octanol–water partition coefficient (Wildman–Crippen LogP) is 4.45. The smallest absolute Gasteiger partial charge is 0.255 e. The van der Waals surface area contributed by atoms with Gasteiger partial charge in [-0.3, -0.25) is 9.78 Å². The molecule has 1 heterocycles. The molecule has 0 bridgehead atoms. The minimum Gasteiger partial charge on any atom is -0.326 e. The van der Waals surface area contributed by atoms with Gasteiger partial charge < -0.3 is 10.0 Å². The lowest BCUT2D eigenvalue weighted by atomic mass is 10.2. The van der Waals surface area contributed by atoms with Crippen LogP contribution in [0.25, 0.3) is 0 Å². The van der Waals surface area contributed by atoms with Crippen LogP contribution in [0.4, 0.5) is 11.4 Å². The van der Waals surface area contributed by atoms with E-state index in [-0.39, 0.29) is 5.91 Å². The molecule has 1 aromatic heterocycles. The van der Waals surface area contributed by atoms with Crippen LogP contribution in [0.2, 0.25) is 0 Å². The van der Waals surface area contributed by atoms with E-state index in [1.807, 2.05) is 48.5 Å². The molecule has 3 aromatic rings. The van der Waals surface area contributed by atoms with Crippen LogP contribution in [0, 0.1) is 0 Å². The van der Waals surface area contributed by atoms with Gasteiger partial charge in [0.15, 0.2) is 0 Å². The Labute approximate surface area is 139 Å². The summed E-state index contributed by atoms with van der Waals surface area (Å²) in [6, 6.07) is 21.0. The van der Waals surface area contributed by atoms with Crippen molar-refractivity contribution in [3.8, 4) is 0 Å². The lowest BCUT2D eigenvalue weighted by Crippen LogP contribution is -2.12. The SMILES string of the molecule is O=C(Nc1cccnc1)c1cccc(NSc2ccccc2)c1. The third-order valence-corrected chi connectivity index (χ3v) is 3.92. The van der Waals surface area contributed by atoms with Gasteiger partial charge in [0.1, 0.15) is 0 Å².